The lowest BCUT2D eigenvalue weighted by molar-refractivity contribution is -0.116. The molecule has 33 heavy (non-hydrogen) atoms. The first-order valence-electron chi connectivity index (χ1n) is 10.9. The van der Waals surface area contributed by atoms with Crippen LogP contribution in [0.15, 0.2) is 72.0 Å². The van der Waals surface area contributed by atoms with Gasteiger partial charge in [0.1, 0.15) is 23.9 Å². The third kappa shape index (κ3) is 3.82. The quantitative estimate of drug-likeness (QED) is 0.632. The van der Waals surface area contributed by atoms with Gasteiger partial charge in [-0.2, -0.15) is 0 Å². The Labute approximate surface area is 190 Å². The molecule has 164 valence electrons. The Hall–Kier alpha value is -4.13. The molecule has 1 amide bonds. The standard InChI is InChI=1S/C26H21N3O4/c30-25-9-7-19-21(10-11-27-26(19)29-25)32-18-6-8-22-23(13-18)33-24(15-31-22)20-12-17(14-28-20)16-4-2-1-3-5-16/h1-6,8,10-11,13-14,24H,7,9,12,15H2,(H,27,29,30). The van der Waals surface area contributed by atoms with Crippen molar-refractivity contribution in [2.75, 3.05) is 11.9 Å². The van der Waals surface area contributed by atoms with E-state index in [1.54, 1.807) is 12.3 Å². The molecule has 0 spiro atoms. The number of hydrogen-bond donors (Lipinski definition) is 1. The molecule has 0 saturated carbocycles. The lowest BCUT2D eigenvalue weighted by atomic mass is 10.0. The summed E-state index contributed by atoms with van der Waals surface area (Å²) in [6.07, 6.45) is 5.03. The Morgan fingerprint density at radius 2 is 1.94 bits per heavy atom. The van der Waals surface area contributed by atoms with Crippen LogP contribution in [0, 0.1) is 0 Å². The predicted molar refractivity (Wildman–Crippen MR) is 124 cm³/mol. The molecule has 2 aromatic carbocycles. The van der Waals surface area contributed by atoms with Gasteiger partial charge in [-0.25, -0.2) is 4.98 Å². The van der Waals surface area contributed by atoms with E-state index in [-0.39, 0.29) is 12.0 Å². The van der Waals surface area contributed by atoms with Gasteiger partial charge in [-0.15, -0.1) is 0 Å². The van der Waals surface area contributed by atoms with Crippen LogP contribution in [-0.2, 0) is 11.2 Å². The molecule has 1 unspecified atom stereocenters. The van der Waals surface area contributed by atoms with Crippen LogP contribution in [0.3, 0.4) is 0 Å². The van der Waals surface area contributed by atoms with Crippen molar-refractivity contribution in [2.24, 2.45) is 4.99 Å². The number of allylic oxidation sites excluding steroid dienone is 1. The number of nitrogens with zero attached hydrogens (tertiary/aromatic N) is 2. The summed E-state index contributed by atoms with van der Waals surface area (Å²) < 4.78 is 18.4. The van der Waals surface area contributed by atoms with Crippen molar-refractivity contribution in [3.8, 4) is 23.0 Å². The summed E-state index contributed by atoms with van der Waals surface area (Å²) in [5.74, 6) is 3.12. The minimum absolute atomic E-state index is 0.0303. The zero-order valence-electron chi connectivity index (χ0n) is 17.8. The Morgan fingerprint density at radius 1 is 1.03 bits per heavy atom. The zero-order valence-corrected chi connectivity index (χ0v) is 17.8. The van der Waals surface area contributed by atoms with Gasteiger partial charge in [-0.1, -0.05) is 30.3 Å². The Bertz CT molecular complexity index is 1300. The number of hydrogen-bond acceptors (Lipinski definition) is 6. The molecule has 0 radical (unpaired) electrons. The van der Waals surface area contributed by atoms with Crippen LogP contribution in [0.5, 0.6) is 23.0 Å². The Balaban J connectivity index is 1.18. The number of anilines is 1. The van der Waals surface area contributed by atoms with Crippen LogP contribution < -0.4 is 19.5 Å². The molecule has 3 aliphatic rings. The van der Waals surface area contributed by atoms with Gasteiger partial charge in [-0.05, 0) is 35.8 Å². The van der Waals surface area contributed by atoms with Crippen LogP contribution in [0.1, 0.15) is 24.0 Å². The molecule has 1 N–H and O–H groups in total. The molecule has 0 aliphatic carbocycles. The monoisotopic (exact) mass is 439 g/mol. The summed E-state index contributed by atoms with van der Waals surface area (Å²) in [7, 11) is 0. The number of ether oxygens (including phenoxy) is 3. The van der Waals surface area contributed by atoms with Crippen molar-refractivity contribution in [3.63, 3.8) is 0 Å². The van der Waals surface area contributed by atoms with Gasteiger partial charge in [0.05, 0.1) is 5.71 Å². The molecule has 0 bridgehead atoms. The van der Waals surface area contributed by atoms with Crippen LogP contribution in [0.4, 0.5) is 5.82 Å². The number of aromatic nitrogens is 1. The molecule has 4 heterocycles. The van der Waals surface area contributed by atoms with Crippen molar-refractivity contribution in [1.29, 1.82) is 0 Å². The summed E-state index contributed by atoms with van der Waals surface area (Å²) in [5.41, 5.74) is 4.18. The molecule has 1 atom stereocenters. The molecule has 3 aromatic rings. The lowest BCUT2D eigenvalue weighted by Gasteiger charge is -2.27. The minimum Gasteiger partial charge on any atom is -0.485 e. The molecule has 7 heteroatoms. The van der Waals surface area contributed by atoms with Gasteiger partial charge in [0.25, 0.3) is 0 Å². The van der Waals surface area contributed by atoms with Crippen molar-refractivity contribution >= 4 is 23.0 Å². The number of nitrogens with one attached hydrogen (secondary N) is 1. The second kappa shape index (κ2) is 8.09. The first-order valence-corrected chi connectivity index (χ1v) is 10.9. The highest BCUT2D eigenvalue weighted by Gasteiger charge is 2.29. The number of pyridine rings is 1. The number of fused-ring (bicyclic) bond motifs is 2. The Morgan fingerprint density at radius 3 is 2.85 bits per heavy atom. The maximum absolute atomic E-state index is 11.7. The van der Waals surface area contributed by atoms with Crippen molar-refractivity contribution in [2.45, 2.75) is 25.4 Å². The second-order valence-electron chi connectivity index (χ2n) is 8.13. The normalized spacial score (nSPS) is 18.7. The van der Waals surface area contributed by atoms with E-state index >= 15 is 0 Å². The average molecular weight is 439 g/mol. The molecular weight excluding hydrogens is 418 g/mol. The molecule has 0 fully saturated rings. The molecular formula is C26H21N3O4. The first kappa shape index (κ1) is 19.5. The van der Waals surface area contributed by atoms with Gasteiger partial charge in [-0.3, -0.25) is 9.79 Å². The maximum atomic E-state index is 11.7. The number of aliphatic imine (C=N–C) groups is 1. The zero-order chi connectivity index (χ0) is 22.2. The van der Waals surface area contributed by atoms with Gasteiger partial charge in [0.2, 0.25) is 5.91 Å². The van der Waals surface area contributed by atoms with Crippen molar-refractivity contribution in [3.05, 3.63) is 78.1 Å². The summed E-state index contributed by atoms with van der Waals surface area (Å²) in [6, 6.07) is 17.6. The van der Waals surface area contributed by atoms with Crippen molar-refractivity contribution < 1.29 is 19.0 Å². The number of carbonyl (C=O) groups is 1. The predicted octanol–water partition coefficient (Wildman–Crippen LogP) is 4.78. The summed E-state index contributed by atoms with van der Waals surface area (Å²) in [5, 5.41) is 2.80. The van der Waals surface area contributed by atoms with Crippen LogP contribution in [-0.4, -0.2) is 29.3 Å². The fourth-order valence-electron chi connectivity index (χ4n) is 4.23. The minimum atomic E-state index is -0.255. The molecule has 3 aliphatic heterocycles. The van der Waals surface area contributed by atoms with E-state index in [1.165, 1.54) is 11.1 Å². The highest BCUT2D eigenvalue weighted by Crippen LogP contribution is 2.39. The van der Waals surface area contributed by atoms with Gasteiger partial charge in [0.15, 0.2) is 17.6 Å². The molecule has 1 aromatic heterocycles. The summed E-state index contributed by atoms with van der Waals surface area (Å²) in [6.45, 7) is 0.416. The maximum Gasteiger partial charge on any atom is 0.225 e. The van der Waals surface area contributed by atoms with E-state index in [9.17, 15) is 4.79 Å². The summed E-state index contributed by atoms with van der Waals surface area (Å²) in [4.78, 5) is 20.5. The first-order chi connectivity index (χ1) is 16.2. The van der Waals surface area contributed by atoms with E-state index < -0.39 is 0 Å². The topological polar surface area (TPSA) is 82.0 Å². The third-order valence-corrected chi connectivity index (χ3v) is 5.95. The highest BCUT2D eigenvalue weighted by molar-refractivity contribution is 6.01. The van der Waals surface area contributed by atoms with E-state index in [4.69, 9.17) is 14.2 Å². The molecule has 0 saturated heterocycles. The number of amides is 1. The molecule has 7 nitrogen and oxygen atoms in total. The third-order valence-electron chi connectivity index (χ3n) is 5.95. The van der Waals surface area contributed by atoms with Gasteiger partial charge >= 0.3 is 0 Å². The number of benzene rings is 2. The van der Waals surface area contributed by atoms with E-state index in [0.717, 1.165) is 17.7 Å². The lowest BCUT2D eigenvalue weighted by Crippen LogP contribution is -2.36. The van der Waals surface area contributed by atoms with Crippen LogP contribution >= 0.6 is 0 Å². The SMILES string of the molecule is O=C1CCc2c(Oc3ccc4c(c3)OC(C3=NC=C(c5ccccc5)C3)CO4)ccnc2N1. The summed E-state index contributed by atoms with van der Waals surface area (Å²) >= 11 is 0. The van der Waals surface area contributed by atoms with Crippen LogP contribution in [0.25, 0.3) is 5.57 Å². The van der Waals surface area contributed by atoms with E-state index in [2.05, 4.69) is 27.4 Å². The smallest absolute Gasteiger partial charge is 0.225 e. The van der Waals surface area contributed by atoms with Crippen LogP contribution in [0.2, 0.25) is 0 Å². The average Bonchev–Trinajstić information content (AvgIpc) is 3.35. The number of rotatable bonds is 4. The van der Waals surface area contributed by atoms with E-state index in [0.29, 0.717) is 48.3 Å². The largest absolute Gasteiger partial charge is 0.485 e. The second-order valence-corrected chi connectivity index (χ2v) is 8.13. The van der Waals surface area contributed by atoms with Crippen molar-refractivity contribution in [1.82, 2.24) is 4.98 Å². The highest BCUT2D eigenvalue weighted by atomic mass is 16.6. The Kier molecular flexibility index (Phi) is 4.79. The van der Waals surface area contributed by atoms with E-state index in [1.807, 2.05) is 42.6 Å². The number of carbonyl (C=O) groups excluding carboxylic acids is 1. The van der Waals surface area contributed by atoms with Gasteiger partial charge < -0.3 is 19.5 Å². The fraction of sp³-hybridized carbons (Fsp3) is 0.192. The fourth-order valence-corrected chi connectivity index (χ4v) is 4.23. The van der Waals surface area contributed by atoms with Gasteiger partial charge in [0, 0.05) is 36.9 Å². The molecule has 6 rings (SSSR count).